The SMILES string of the molecule is CCCCCCCCCCCCCCCCCCOC[C@H](COC(C)=O)OC(C)=O. The van der Waals surface area contributed by atoms with Gasteiger partial charge in [0.25, 0.3) is 0 Å². The van der Waals surface area contributed by atoms with E-state index in [1.165, 1.54) is 110 Å². The number of carbonyl (C=O) groups is 2. The van der Waals surface area contributed by atoms with Crippen molar-refractivity contribution in [1.29, 1.82) is 0 Å². The molecule has 30 heavy (non-hydrogen) atoms. The highest BCUT2D eigenvalue weighted by atomic mass is 16.6. The number of rotatable bonds is 22. The molecular weight excluding hydrogens is 380 g/mol. The molecular formula is C25H48O5. The molecule has 0 rings (SSSR count). The summed E-state index contributed by atoms with van der Waals surface area (Å²) in [6.07, 6.45) is 21.0. The van der Waals surface area contributed by atoms with Crippen LogP contribution in [-0.2, 0) is 23.8 Å². The number of ether oxygens (including phenoxy) is 3. The number of unbranched alkanes of at least 4 members (excludes halogenated alkanes) is 15. The van der Waals surface area contributed by atoms with Gasteiger partial charge in [-0.1, -0.05) is 103 Å². The second-order valence-corrected chi connectivity index (χ2v) is 8.41. The standard InChI is InChI=1S/C25H48O5/c1-4-5-6-7-8-9-10-11-12-13-14-15-16-17-18-19-20-28-21-25(30-24(3)27)22-29-23(2)26/h25H,4-22H2,1-3H3/t25-/m1/s1. The van der Waals surface area contributed by atoms with Gasteiger partial charge in [0.2, 0.25) is 0 Å². The van der Waals surface area contributed by atoms with E-state index in [9.17, 15) is 9.59 Å². The number of esters is 2. The van der Waals surface area contributed by atoms with Gasteiger partial charge in [0, 0.05) is 20.5 Å². The molecule has 0 aromatic heterocycles. The third kappa shape index (κ3) is 23.2. The normalized spacial score (nSPS) is 12.0. The van der Waals surface area contributed by atoms with Crippen LogP contribution in [-0.4, -0.2) is 37.9 Å². The van der Waals surface area contributed by atoms with Gasteiger partial charge in [0.05, 0.1) is 6.61 Å². The van der Waals surface area contributed by atoms with Crippen LogP contribution in [0.1, 0.15) is 124 Å². The van der Waals surface area contributed by atoms with Gasteiger partial charge in [0.15, 0.2) is 6.10 Å². The minimum atomic E-state index is -0.521. The van der Waals surface area contributed by atoms with Gasteiger partial charge in [-0.3, -0.25) is 9.59 Å². The predicted octanol–water partition coefficient (Wildman–Crippen LogP) is 6.76. The Morgan fingerprint density at radius 3 is 1.43 bits per heavy atom. The van der Waals surface area contributed by atoms with Gasteiger partial charge < -0.3 is 14.2 Å². The maximum atomic E-state index is 11.1. The van der Waals surface area contributed by atoms with E-state index >= 15 is 0 Å². The summed E-state index contributed by atoms with van der Waals surface area (Å²) in [6.45, 7) is 5.92. The topological polar surface area (TPSA) is 61.8 Å². The lowest BCUT2D eigenvalue weighted by molar-refractivity contribution is -0.159. The monoisotopic (exact) mass is 428 g/mol. The summed E-state index contributed by atoms with van der Waals surface area (Å²) in [5.41, 5.74) is 0. The van der Waals surface area contributed by atoms with Crippen LogP contribution in [0.5, 0.6) is 0 Å². The summed E-state index contributed by atoms with van der Waals surface area (Å²) < 4.78 is 15.6. The van der Waals surface area contributed by atoms with Crippen molar-refractivity contribution in [2.45, 2.75) is 130 Å². The Morgan fingerprint density at radius 1 is 0.600 bits per heavy atom. The summed E-state index contributed by atoms with van der Waals surface area (Å²) in [5.74, 6) is -0.775. The second kappa shape index (κ2) is 22.6. The Balaban J connectivity index is 3.33. The lowest BCUT2D eigenvalue weighted by atomic mass is 10.0. The average Bonchev–Trinajstić information content (AvgIpc) is 2.70. The zero-order chi connectivity index (χ0) is 22.3. The van der Waals surface area contributed by atoms with E-state index in [1.807, 2.05) is 0 Å². The Morgan fingerprint density at radius 2 is 1.03 bits per heavy atom. The van der Waals surface area contributed by atoms with Gasteiger partial charge in [-0.25, -0.2) is 0 Å². The Hall–Kier alpha value is -1.10. The molecule has 0 unspecified atom stereocenters. The van der Waals surface area contributed by atoms with Gasteiger partial charge in [-0.15, -0.1) is 0 Å². The lowest BCUT2D eigenvalue weighted by Gasteiger charge is -2.16. The largest absolute Gasteiger partial charge is 0.462 e. The highest BCUT2D eigenvalue weighted by Gasteiger charge is 2.14. The van der Waals surface area contributed by atoms with Gasteiger partial charge in [0.1, 0.15) is 6.61 Å². The van der Waals surface area contributed by atoms with E-state index in [0.717, 1.165) is 6.42 Å². The first-order valence-corrected chi connectivity index (χ1v) is 12.4. The quantitative estimate of drug-likeness (QED) is 0.141. The summed E-state index contributed by atoms with van der Waals surface area (Å²) in [7, 11) is 0. The molecule has 0 aliphatic heterocycles. The lowest BCUT2D eigenvalue weighted by Crippen LogP contribution is -2.28. The van der Waals surface area contributed by atoms with E-state index in [-0.39, 0.29) is 19.2 Å². The molecule has 0 aromatic rings. The van der Waals surface area contributed by atoms with Crippen molar-refractivity contribution in [3.8, 4) is 0 Å². The predicted molar refractivity (Wildman–Crippen MR) is 123 cm³/mol. The molecule has 5 nitrogen and oxygen atoms in total. The Bertz CT molecular complexity index is 397. The molecule has 0 N–H and O–H groups in total. The van der Waals surface area contributed by atoms with E-state index in [0.29, 0.717) is 6.61 Å². The third-order valence-electron chi connectivity index (χ3n) is 5.25. The maximum Gasteiger partial charge on any atom is 0.303 e. The van der Waals surface area contributed by atoms with Gasteiger partial charge in [-0.05, 0) is 6.42 Å². The number of hydrogen-bond acceptors (Lipinski definition) is 5. The van der Waals surface area contributed by atoms with Crippen LogP contribution in [0.3, 0.4) is 0 Å². The number of hydrogen-bond donors (Lipinski definition) is 0. The first-order valence-electron chi connectivity index (χ1n) is 12.4. The maximum absolute atomic E-state index is 11.1. The summed E-state index contributed by atoms with van der Waals surface area (Å²) >= 11 is 0. The summed E-state index contributed by atoms with van der Waals surface area (Å²) in [5, 5.41) is 0. The molecule has 0 amide bonds. The van der Waals surface area contributed by atoms with Crippen molar-refractivity contribution in [3.63, 3.8) is 0 Å². The van der Waals surface area contributed by atoms with Crippen LogP contribution >= 0.6 is 0 Å². The molecule has 0 aliphatic rings. The first kappa shape index (κ1) is 28.9. The van der Waals surface area contributed by atoms with Gasteiger partial charge >= 0.3 is 11.9 Å². The summed E-state index contributed by atoms with van der Waals surface area (Å²) in [4.78, 5) is 21.9. The fraction of sp³-hybridized carbons (Fsp3) is 0.920. The molecule has 0 aliphatic carbocycles. The molecule has 0 saturated heterocycles. The molecule has 0 radical (unpaired) electrons. The van der Waals surface area contributed by atoms with Crippen LogP contribution in [0.15, 0.2) is 0 Å². The van der Waals surface area contributed by atoms with Crippen LogP contribution in [0, 0.1) is 0 Å². The highest BCUT2D eigenvalue weighted by molar-refractivity contribution is 5.67. The van der Waals surface area contributed by atoms with Crippen LogP contribution in [0.4, 0.5) is 0 Å². The molecule has 0 fully saturated rings. The average molecular weight is 429 g/mol. The molecule has 178 valence electrons. The first-order chi connectivity index (χ1) is 14.6. The fourth-order valence-electron chi connectivity index (χ4n) is 3.53. The van der Waals surface area contributed by atoms with Crippen LogP contribution < -0.4 is 0 Å². The minimum Gasteiger partial charge on any atom is -0.462 e. The van der Waals surface area contributed by atoms with Crippen molar-refractivity contribution in [2.24, 2.45) is 0 Å². The molecule has 0 aromatic carbocycles. The van der Waals surface area contributed by atoms with Gasteiger partial charge in [-0.2, -0.15) is 0 Å². The number of carbonyl (C=O) groups excluding carboxylic acids is 2. The van der Waals surface area contributed by atoms with E-state index in [4.69, 9.17) is 14.2 Å². The molecule has 0 saturated carbocycles. The highest BCUT2D eigenvalue weighted by Crippen LogP contribution is 2.13. The van der Waals surface area contributed by atoms with E-state index in [2.05, 4.69) is 6.92 Å². The fourth-order valence-corrected chi connectivity index (χ4v) is 3.53. The van der Waals surface area contributed by atoms with Crippen LogP contribution in [0.25, 0.3) is 0 Å². The van der Waals surface area contributed by atoms with Crippen LogP contribution in [0.2, 0.25) is 0 Å². The zero-order valence-corrected chi connectivity index (χ0v) is 20.1. The van der Waals surface area contributed by atoms with Crippen molar-refractivity contribution >= 4 is 11.9 Å². The summed E-state index contributed by atoms with van der Waals surface area (Å²) in [6, 6.07) is 0. The Kier molecular flexibility index (Phi) is 21.8. The zero-order valence-electron chi connectivity index (χ0n) is 20.1. The molecule has 5 heteroatoms. The Labute approximate surface area is 185 Å². The molecule has 1 atom stereocenters. The second-order valence-electron chi connectivity index (χ2n) is 8.41. The van der Waals surface area contributed by atoms with Crippen molar-refractivity contribution in [3.05, 3.63) is 0 Å². The molecule has 0 bridgehead atoms. The van der Waals surface area contributed by atoms with Crippen molar-refractivity contribution < 1.29 is 23.8 Å². The van der Waals surface area contributed by atoms with E-state index < -0.39 is 12.1 Å². The van der Waals surface area contributed by atoms with Crippen molar-refractivity contribution in [1.82, 2.24) is 0 Å². The molecule has 0 spiro atoms. The smallest absolute Gasteiger partial charge is 0.303 e. The minimum absolute atomic E-state index is 0.0495. The van der Waals surface area contributed by atoms with Crippen molar-refractivity contribution in [2.75, 3.05) is 19.8 Å². The molecule has 0 heterocycles. The van der Waals surface area contributed by atoms with E-state index in [1.54, 1.807) is 0 Å². The third-order valence-corrected chi connectivity index (χ3v) is 5.25.